The van der Waals surface area contributed by atoms with Gasteiger partial charge in [0, 0.05) is 5.56 Å². The van der Waals surface area contributed by atoms with Gasteiger partial charge in [-0.3, -0.25) is 4.79 Å². The zero-order valence-electron chi connectivity index (χ0n) is 12.5. The lowest BCUT2D eigenvalue weighted by Gasteiger charge is -2.04. The van der Waals surface area contributed by atoms with E-state index in [2.05, 4.69) is 19.9 Å². The third-order valence-electron chi connectivity index (χ3n) is 3.24. The molecule has 21 heavy (non-hydrogen) atoms. The van der Waals surface area contributed by atoms with Gasteiger partial charge >= 0.3 is 0 Å². The van der Waals surface area contributed by atoms with E-state index in [1.165, 1.54) is 5.57 Å². The Balaban J connectivity index is 2.19. The summed E-state index contributed by atoms with van der Waals surface area (Å²) in [4.78, 5) is 12.4. The van der Waals surface area contributed by atoms with Gasteiger partial charge in [0.1, 0.15) is 0 Å². The van der Waals surface area contributed by atoms with E-state index in [1.807, 2.05) is 60.7 Å². The number of carbonyl (C=O) groups excluding carboxylic acids is 1. The molecule has 2 aromatic rings. The van der Waals surface area contributed by atoms with Crippen molar-refractivity contribution in [3.63, 3.8) is 0 Å². The number of carbonyl (C=O) groups is 1. The SMILES string of the molecule is CC(C)=CCc1ccccc1C(=O)C=Cc1ccccc1. The van der Waals surface area contributed by atoms with E-state index in [9.17, 15) is 4.79 Å². The molecule has 0 aliphatic carbocycles. The maximum Gasteiger partial charge on any atom is 0.186 e. The molecule has 0 aliphatic rings. The summed E-state index contributed by atoms with van der Waals surface area (Å²) in [5, 5.41) is 0. The monoisotopic (exact) mass is 276 g/mol. The molecule has 0 unspecified atom stereocenters. The molecule has 0 heterocycles. The molecule has 0 fully saturated rings. The predicted octanol–water partition coefficient (Wildman–Crippen LogP) is 5.09. The maximum absolute atomic E-state index is 12.4. The van der Waals surface area contributed by atoms with Crippen LogP contribution in [-0.4, -0.2) is 5.78 Å². The number of rotatable bonds is 5. The molecule has 0 radical (unpaired) electrons. The van der Waals surface area contributed by atoms with Crippen LogP contribution in [0.5, 0.6) is 0 Å². The first-order valence-electron chi connectivity index (χ1n) is 7.15. The third kappa shape index (κ3) is 4.57. The number of ketones is 1. The smallest absolute Gasteiger partial charge is 0.186 e. The first-order chi connectivity index (χ1) is 10.2. The number of hydrogen-bond donors (Lipinski definition) is 0. The molecule has 0 N–H and O–H groups in total. The number of benzene rings is 2. The van der Waals surface area contributed by atoms with Gasteiger partial charge in [-0.05, 0) is 37.5 Å². The molecule has 0 aliphatic heterocycles. The second kappa shape index (κ2) is 7.39. The normalized spacial score (nSPS) is 10.6. The van der Waals surface area contributed by atoms with E-state index in [4.69, 9.17) is 0 Å². The Hall–Kier alpha value is -2.41. The van der Waals surface area contributed by atoms with Crippen molar-refractivity contribution in [2.24, 2.45) is 0 Å². The van der Waals surface area contributed by atoms with E-state index in [0.29, 0.717) is 0 Å². The van der Waals surface area contributed by atoms with Gasteiger partial charge in [0.25, 0.3) is 0 Å². The molecule has 2 rings (SSSR count). The summed E-state index contributed by atoms with van der Waals surface area (Å²) in [6.07, 6.45) is 6.45. The van der Waals surface area contributed by atoms with Crippen molar-refractivity contribution < 1.29 is 4.79 Å². The molecule has 0 amide bonds. The maximum atomic E-state index is 12.4. The fraction of sp³-hybridized carbons (Fsp3) is 0.150. The lowest BCUT2D eigenvalue weighted by molar-refractivity contribution is 0.104. The van der Waals surface area contributed by atoms with Crippen LogP contribution >= 0.6 is 0 Å². The summed E-state index contributed by atoms with van der Waals surface area (Å²) < 4.78 is 0. The van der Waals surface area contributed by atoms with Gasteiger partial charge in [-0.1, -0.05) is 72.3 Å². The molecular weight excluding hydrogens is 256 g/mol. The zero-order chi connectivity index (χ0) is 15.1. The highest BCUT2D eigenvalue weighted by Gasteiger charge is 2.06. The minimum Gasteiger partial charge on any atom is -0.289 e. The second-order valence-electron chi connectivity index (χ2n) is 5.25. The first kappa shape index (κ1) is 15.0. The molecule has 106 valence electrons. The van der Waals surface area contributed by atoms with Crippen molar-refractivity contribution in [2.75, 3.05) is 0 Å². The largest absolute Gasteiger partial charge is 0.289 e. The Bertz CT molecular complexity index is 659. The molecule has 0 saturated heterocycles. The van der Waals surface area contributed by atoms with E-state index in [0.717, 1.165) is 23.1 Å². The van der Waals surface area contributed by atoms with Crippen LogP contribution in [0.15, 0.2) is 72.3 Å². The summed E-state index contributed by atoms with van der Waals surface area (Å²) in [6.45, 7) is 4.14. The third-order valence-corrected chi connectivity index (χ3v) is 3.24. The Kier molecular flexibility index (Phi) is 5.28. The summed E-state index contributed by atoms with van der Waals surface area (Å²) in [5.41, 5.74) is 4.15. The second-order valence-corrected chi connectivity index (χ2v) is 5.25. The van der Waals surface area contributed by atoms with Crippen LogP contribution in [0.25, 0.3) is 6.08 Å². The van der Waals surface area contributed by atoms with Gasteiger partial charge in [0.15, 0.2) is 5.78 Å². The van der Waals surface area contributed by atoms with Crippen molar-refractivity contribution in [3.8, 4) is 0 Å². The topological polar surface area (TPSA) is 17.1 Å². The first-order valence-corrected chi connectivity index (χ1v) is 7.15. The van der Waals surface area contributed by atoms with Crippen LogP contribution in [0.1, 0.15) is 35.3 Å². The summed E-state index contributed by atoms with van der Waals surface area (Å²) >= 11 is 0. The standard InChI is InChI=1S/C20H20O/c1-16(2)12-14-18-10-6-7-11-19(18)20(21)15-13-17-8-4-3-5-9-17/h3-13,15H,14H2,1-2H3. The van der Waals surface area contributed by atoms with Crippen molar-refractivity contribution in [1.82, 2.24) is 0 Å². The number of hydrogen-bond acceptors (Lipinski definition) is 1. The highest BCUT2D eigenvalue weighted by atomic mass is 16.1. The van der Waals surface area contributed by atoms with Gasteiger partial charge in [-0.25, -0.2) is 0 Å². The molecule has 2 aromatic carbocycles. The average Bonchev–Trinajstić information content (AvgIpc) is 2.52. The summed E-state index contributed by atoms with van der Waals surface area (Å²) in [5.74, 6) is 0.0524. The minimum atomic E-state index is 0.0524. The molecule has 0 aromatic heterocycles. The van der Waals surface area contributed by atoms with Crippen LogP contribution in [0, 0.1) is 0 Å². The van der Waals surface area contributed by atoms with E-state index < -0.39 is 0 Å². The highest BCUT2D eigenvalue weighted by molar-refractivity contribution is 6.07. The summed E-state index contributed by atoms with van der Waals surface area (Å²) in [6, 6.07) is 17.7. The van der Waals surface area contributed by atoms with Gasteiger partial charge in [-0.2, -0.15) is 0 Å². The summed E-state index contributed by atoms with van der Waals surface area (Å²) in [7, 11) is 0. The molecule has 0 bridgehead atoms. The lowest BCUT2D eigenvalue weighted by atomic mass is 9.99. The predicted molar refractivity (Wildman–Crippen MR) is 89.4 cm³/mol. The Morgan fingerprint density at radius 3 is 2.33 bits per heavy atom. The Morgan fingerprint density at radius 2 is 1.62 bits per heavy atom. The number of allylic oxidation sites excluding steroid dienone is 3. The molecule has 0 saturated carbocycles. The zero-order valence-corrected chi connectivity index (χ0v) is 12.5. The van der Waals surface area contributed by atoms with Crippen molar-refractivity contribution in [2.45, 2.75) is 20.3 Å². The van der Waals surface area contributed by atoms with Crippen LogP contribution in [0.4, 0.5) is 0 Å². The van der Waals surface area contributed by atoms with Crippen LogP contribution < -0.4 is 0 Å². The molecule has 0 spiro atoms. The molecule has 1 heteroatoms. The Labute approximate surface area is 126 Å². The van der Waals surface area contributed by atoms with Crippen molar-refractivity contribution >= 4 is 11.9 Å². The average molecular weight is 276 g/mol. The quantitative estimate of drug-likeness (QED) is 0.422. The van der Waals surface area contributed by atoms with E-state index in [-0.39, 0.29) is 5.78 Å². The molecular formula is C20H20O. The lowest BCUT2D eigenvalue weighted by Crippen LogP contribution is -2.00. The van der Waals surface area contributed by atoms with E-state index >= 15 is 0 Å². The Morgan fingerprint density at radius 1 is 0.952 bits per heavy atom. The fourth-order valence-electron chi connectivity index (χ4n) is 2.08. The van der Waals surface area contributed by atoms with Gasteiger partial charge < -0.3 is 0 Å². The molecule has 0 atom stereocenters. The van der Waals surface area contributed by atoms with Crippen molar-refractivity contribution in [1.29, 1.82) is 0 Å². The van der Waals surface area contributed by atoms with Gasteiger partial charge in [0.2, 0.25) is 0 Å². The fourth-order valence-corrected chi connectivity index (χ4v) is 2.08. The van der Waals surface area contributed by atoms with Crippen LogP contribution in [-0.2, 0) is 6.42 Å². The highest BCUT2D eigenvalue weighted by Crippen LogP contribution is 2.13. The van der Waals surface area contributed by atoms with Gasteiger partial charge in [-0.15, -0.1) is 0 Å². The van der Waals surface area contributed by atoms with Crippen LogP contribution in [0.2, 0.25) is 0 Å². The van der Waals surface area contributed by atoms with Gasteiger partial charge in [0.05, 0.1) is 0 Å². The van der Waals surface area contributed by atoms with Crippen molar-refractivity contribution in [3.05, 3.63) is 89.0 Å². The molecule has 1 nitrogen and oxygen atoms in total. The van der Waals surface area contributed by atoms with Crippen LogP contribution in [0.3, 0.4) is 0 Å². The van der Waals surface area contributed by atoms with E-state index in [1.54, 1.807) is 6.08 Å². The minimum absolute atomic E-state index is 0.0524.